The summed E-state index contributed by atoms with van der Waals surface area (Å²) in [6.45, 7) is 8.55. The molecule has 30 heavy (non-hydrogen) atoms. The standard InChI is InChI=1S/C23H32F2N2O3/c1-21(2,3)15-18(28)26-12-9-23(10-13-26)11-14-27(20(23)30)17-7-5-16(6-8-17)19(29)22(4,24)25/h5-8,19,29H,9-15H2,1-4H3. The zero-order valence-electron chi connectivity index (χ0n) is 18.3. The van der Waals surface area contributed by atoms with Gasteiger partial charge in [0, 0.05) is 38.7 Å². The van der Waals surface area contributed by atoms with Crippen LogP contribution in [0.4, 0.5) is 14.5 Å². The normalized spacial score (nSPS) is 20.7. The number of amides is 2. The van der Waals surface area contributed by atoms with Gasteiger partial charge in [-0.25, -0.2) is 8.78 Å². The van der Waals surface area contributed by atoms with Crippen LogP contribution in [0.15, 0.2) is 24.3 Å². The van der Waals surface area contributed by atoms with Gasteiger partial charge in [0.2, 0.25) is 11.8 Å². The van der Waals surface area contributed by atoms with E-state index in [1.165, 1.54) is 12.1 Å². The molecule has 3 rings (SSSR count). The highest BCUT2D eigenvalue weighted by molar-refractivity contribution is 6.00. The summed E-state index contributed by atoms with van der Waals surface area (Å²) in [7, 11) is 0. The molecule has 1 atom stereocenters. The van der Waals surface area contributed by atoms with Gasteiger partial charge in [0.15, 0.2) is 0 Å². The van der Waals surface area contributed by atoms with Gasteiger partial charge in [0.25, 0.3) is 5.92 Å². The van der Waals surface area contributed by atoms with E-state index < -0.39 is 17.4 Å². The van der Waals surface area contributed by atoms with Crippen molar-refractivity contribution in [3.63, 3.8) is 0 Å². The van der Waals surface area contributed by atoms with Crippen LogP contribution >= 0.6 is 0 Å². The Morgan fingerprint density at radius 3 is 2.10 bits per heavy atom. The lowest BCUT2D eigenvalue weighted by molar-refractivity contribution is -0.139. The van der Waals surface area contributed by atoms with Crippen LogP contribution < -0.4 is 4.90 Å². The predicted molar refractivity (Wildman–Crippen MR) is 111 cm³/mol. The van der Waals surface area contributed by atoms with Crippen molar-refractivity contribution in [1.29, 1.82) is 0 Å². The van der Waals surface area contributed by atoms with Crippen LogP contribution in [0, 0.1) is 10.8 Å². The van der Waals surface area contributed by atoms with Crippen LogP contribution in [0.2, 0.25) is 0 Å². The molecule has 166 valence electrons. The summed E-state index contributed by atoms with van der Waals surface area (Å²) in [5.74, 6) is -3.05. The minimum absolute atomic E-state index is 0.0412. The monoisotopic (exact) mass is 422 g/mol. The predicted octanol–water partition coefficient (Wildman–Crippen LogP) is 4.16. The van der Waals surface area contributed by atoms with Crippen LogP contribution in [-0.2, 0) is 9.59 Å². The molecular weight excluding hydrogens is 390 g/mol. The van der Waals surface area contributed by atoms with Crippen molar-refractivity contribution in [2.75, 3.05) is 24.5 Å². The number of carbonyl (C=O) groups is 2. The molecule has 0 radical (unpaired) electrons. The number of aliphatic hydroxyl groups excluding tert-OH is 1. The summed E-state index contributed by atoms with van der Waals surface area (Å²) < 4.78 is 26.7. The number of benzene rings is 1. The van der Waals surface area contributed by atoms with E-state index in [0.717, 1.165) is 6.42 Å². The van der Waals surface area contributed by atoms with Crippen molar-refractivity contribution in [1.82, 2.24) is 4.90 Å². The second-order valence-electron chi connectivity index (χ2n) is 10.1. The van der Waals surface area contributed by atoms with Crippen molar-refractivity contribution in [2.24, 2.45) is 10.8 Å². The number of rotatable bonds is 4. The van der Waals surface area contributed by atoms with E-state index in [-0.39, 0.29) is 22.8 Å². The Balaban J connectivity index is 1.65. The van der Waals surface area contributed by atoms with Gasteiger partial charge in [-0.05, 0) is 42.4 Å². The molecule has 2 heterocycles. The van der Waals surface area contributed by atoms with Crippen molar-refractivity contribution in [2.45, 2.75) is 65.4 Å². The maximum atomic E-state index is 13.3. The molecule has 0 aliphatic carbocycles. The zero-order chi connectivity index (χ0) is 22.3. The van der Waals surface area contributed by atoms with E-state index in [0.29, 0.717) is 51.5 Å². The quantitative estimate of drug-likeness (QED) is 0.793. The van der Waals surface area contributed by atoms with Gasteiger partial charge in [-0.3, -0.25) is 9.59 Å². The highest BCUT2D eigenvalue weighted by Gasteiger charge is 2.49. The summed E-state index contributed by atoms with van der Waals surface area (Å²) in [4.78, 5) is 29.3. The summed E-state index contributed by atoms with van der Waals surface area (Å²) in [6.07, 6.45) is 0.649. The van der Waals surface area contributed by atoms with Gasteiger partial charge in [-0.2, -0.15) is 0 Å². The molecule has 2 fully saturated rings. The Hall–Kier alpha value is -2.02. The fourth-order valence-corrected chi connectivity index (χ4v) is 4.41. The first kappa shape index (κ1) is 22.7. The van der Waals surface area contributed by atoms with Crippen LogP contribution in [0.1, 0.15) is 65.0 Å². The Morgan fingerprint density at radius 2 is 1.60 bits per heavy atom. The van der Waals surface area contributed by atoms with Crippen LogP contribution in [0.3, 0.4) is 0 Å². The van der Waals surface area contributed by atoms with E-state index in [2.05, 4.69) is 0 Å². The number of likely N-dealkylation sites (tertiary alicyclic amines) is 1. The van der Waals surface area contributed by atoms with Crippen LogP contribution in [0.25, 0.3) is 0 Å². The van der Waals surface area contributed by atoms with Gasteiger partial charge >= 0.3 is 0 Å². The number of carbonyl (C=O) groups excluding carboxylic acids is 2. The first-order chi connectivity index (χ1) is 13.8. The van der Waals surface area contributed by atoms with Gasteiger partial charge in [-0.1, -0.05) is 32.9 Å². The third kappa shape index (κ3) is 4.66. The highest BCUT2D eigenvalue weighted by Crippen LogP contribution is 2.43. The summed E-state index contributed by atoms with van der Waals surface area (Å²) >= 11 is 0. The number of nitrogens with zero attached hydrogens (tertiary/aromatic N) is 2. The minimum Gasteiger partial charge on any atom is -0.382 e. The first-order valence-corrected chi connectivity index (χ1v) is 10.6. The van der Waals surface area contributed by atoms with Crippen molar-refractivity contribution in [3.05, 3.63) is 29.8 Å². The van der Waals surface area contributed by atoms with E-state index >= 15 is 0 Å². The molecule has 1 spiro atoms. The van der Waals surface area contributed by atoms with Crippen LogP contribution in [0.5, 0.6) is 0 Å². The topological polar surface area (TPSA) is 60.9 Å². The third-order valence-electron chi connectivity index (χ3n) is 6.27. The second kappa shape index (κ2) is 7.91. The van der Waals surface area contributed by atoms with E-state index in [1.54, 1.807) is 17.0 Å². The average Bonchev–Trinajstić information content (AvgIpc) is 2.96. The van der Waals surface area contributed by atoms with Crippen molar-refractivity contribution < 1.29 is 23.5 Å². The largest absolute Gasteiger partial charge is 0.382 e. The number of piperidine rings is 1. The molecule has 2 aliphatic heterocycles. The molecule has 0 bridgehead atoms. The lowest BCUT2D eigenvalue weighted by Gasteiger charge is -2.38. The fourth-order valence-electron chi connectivity index (χ4n) is 4.41. The van der Waals surface area contributed by atoms with E-state index in [1.807, 2.05) is 25.7 Å². The summed E-state index contributed by atoms with van der Waals surface area (Å²) in [6, 6.07) is 6.12. The Labute approximate surface area is 177 Å². The molecular formula is C23H32F2N2O3. The van der Waals surface area contributed by atoms with Gasteiger partial charge in [0.1, 0.15) is 6.10 Å². The SMILES string of the molecule is CC(C)(C)CC(=O)N1CCC2(CC1)CCN(c1ccc(C(O)C(C)(F)F)cc1)C2=O. The minimum atomic E-state index is -3.23. The molecule has 5 nitrogen and oxygen atoms in total. The Morgan fingerprint density at radius 1 is 1.07 bits per heavy atom. The number of hydrogen-bond donors (Lipinski definition) is 1. The molecule has 1 N–H and O–H groups in total. The number of halogens is 2. The molecule has 7 heteroatoms. The lowest BCUT2D eigenvalue weighted by Crippen LogP contribution is -2.47. The average molecular weight is 423 g/mol. The molecule has 0 aromatic heterocycles. The van der Waals surface area contributed by atoms with E-state index in [9.17, 15) is 23.5 Å². The molecule has 1 aromatic carbocycles. The zero-order valence-corrected chi connectivity index (χ0v) is 18.3. The summed E-state index contributed by atoms with van der Waals surface area (Å²) in [5.41, 5.74) is 0.262. The first-order valence-electron chi connectivity index (χ1n) is 10.6. The molecule has 1 aromatic rings. The second-order valence-corrected chi connectivity index (χ2v) is 10.1. The molecule has 0 saturated carbocycles. The third-order valence-corrected chi connectivity index (χ3v) is 6.27. The summed E-state index contributed by atoms with van der Waals surface area (Å²) in [5, 5.41) is 9.74. The van der Waals surface area contributed by atoms with Gasteiger partial charge in [-0.15, -0.1) is 0 Å². The number of aliphatic hydroxyl groups is 1. The van der Waals surface area contributed by atoms with Gasteiger partial charge < -0.3 is 14.9 Å². The lowest BCUT2D eigenvalue weighted by atomic mass is 9.77. The van der Waals surface area contributed by atoms with Crippen molar-refractivity contribution >= 4 is 17.5 Å². The molecule has 1 unspecified atom stereocenters. The maximum absolute atomic E-state index is 13.3. The maximum Gasteiger partial charge on any atom is 0.274 e. The Kier molecular flexibility index (Phi) is 5.98. The molecule has 2 saturated heterocycles. The molecule has 2 amide bonds. The fraction of sp³-hybridized carbons (Fsp3) is 0.652. The number of hydrogen-bond acceptors (Lipinski definition) is 3. The number of anilines is 1. The Bertz CT molecular complexity index is 788. The van der Waals surface area contributed by atoms with Gasteiger partial charge in [0.05, 0.1) is 5.41 Å². The van der Waals surface area contributed by atoms with E-state index in [4.69, 9.17) is 0 Å². The van der Waals surface area contributed by atoms with Crippen LogP contribution in [-0.4, -0.2) is 47.4 Å². The number of alkyl halides is 2. The van der Waals surface area contributed by atoms with Crippen molar-refractivity contribution in [3.8, 4) is 0 Å². The molecule has 2 aliphatic rings. The smallest absolute Gasteiger partial charge is 0.274 e. The highest BCUT2D eigenvalue weighted by atomic mass is 19.3.